The Morgan fingerprint density at radius 3 is 2.42 bits per heavy atom. The summed E-state index contributed by atoms with van der Waals surface area (Å²) in [5.74, 6) is 0. The standard InChI is InChI=1S/C16H15NO2/c17-15(11-6-2-1-3-7-11)16(18)13-10-19-14-9-5-4-8-12(13)14/h1-10,15-16,18H,17H2. The lowest BCUT2D eigenvalue weighted by Gasteiger charge is -2.18. The van der Waals surface area contributed by atoms with Crippen LogP contribution in [0.1, 0.15) is 23.3 Å². The number of hydrogen-bond acceptors (Lipinski definition) is 3. The van der Waals surface area contributed by atoms with E-state index >= 15 is 0 Å². The number of benzene rings is 2. The van der Waals surface area contributed by atoms with E-state index in [0.717, 1.165) is 22.1 Å². The van der Waals surface area contributed by atoms with E-state index < -0.39 is 12.1 Å². The van der Waals surface area contributed by atoms with Crippen molar-refractivity contribution in [3.63, 3.8) is 0 Å². The molecule has 3 heteroatoms. The molecule has 0 saturated carbocycles. The maximum atomic E-state index is 10.4. The lowest BCUT2D eigenvalue weighted by molar-refractivity contribution is 0.147. The molecule has 3 N–H and O–H groups in total. The summed E-state index contributed by atoms with van der Waals surface area (Å²) in [4.78, 5) is 0. The highest BCUT2D eigenvalue weighted by Gasteiger charge is 2.22. The number of aliphatic hydroxyl groups is 1. The van der Waals surface area contributed by atoms with Gasteiger partial charge < -0.3 is 15.3 Å². The van der Waals surface area contributed by atoms with Gasteiger partial charge in [-0.1, -0.05) is 48.5 Å². The Balaban J connectivity index is 1.98. The van der Waals surface area contributed by atoms with Gasteiger partial charge in [0.25, 0.3) is 0 Å². The van der Waals surface area contributed by atoms with E-state index in [1.807, 2.05) is 54.6 Å². The van der Waals surface area contributed by atoms with E-state index in [0.29, 0.717) is 0 Å². The molecule has 0 radical (unpaired) electrons. The summed E-state index contributed by atoms with van der Waals surface area (Å²) in [6, 6.07) is 16.7. The van der Waals surface area contributed by atoms with Crippen LogP contribution >= 0.6 is 0 Å². The number of para-hydroxylation sites is 1. The summed E-state index contributed by atoms with van der Waals surface area (Å²) in [7, 11) is 0. The second-order valence-corrected chi connectivity index (χ2v) is 4.57. The van der Waals surface area contributed by atoms with Crippen molar-refractivity contribution in [2.24, 2.45) is 5.73 Å². The van der Waals surface area contributed by atoms with Gasteiger partial charge in [-0.15, -0.1) is 0 Å². The van der Waals surface area contributed by atoms with Gasteiger partial charge in [0.05, 0.1) is 12.3 Å². The minimum Gasteiger partial charge on any atom is -0.464 e. The average molecular weight is 253 g/mol. The topological polar surface area (TPSA) is 59.4 Å². The van der Waals surface area contributed by atoms with Crippen molar-refractivity contribution in [2.75, 3.05) is 0 Å². The molecule has 3 aromatic rings. The zero-order valence-electron chi connectivity index (χ0n) is 10.4. The Morgan fingerprint density at radius 1 is 0.947 bits per heavy atom. The zero-order valence-corrected chi connectivity index (χ0v) is 10.4. The van der Waals surface area contributed by atoms with E-state index in [4.69, 9.17) is 10.2 Å². The third-order valence-corrected chi connectivity index (χ3v) is 3.35. The van der Waals surface area contributed by atoms with Gasteiger partial charge in [0.1, 0.15) is 11.7 Å². The molecule has 0 aliphatic carbocycles. The smallest absolute Gasteiger partial charge is 0.134 e. The predicted molar refractivity (Wildman–Crippen MR) is 74.5 cm³/mol. The zero-order chi connectivity index (χ0) is 13.2. The number of rotatable bonds is 3. The quantitative estimate of drug-likeness (QED) is 0.753. The molecular formula is C16H15NO2. The van der Waals surface area contributed by atoms with Crippen molar-refractivity contribution in [1.82, 2.24) is 0 Å². The van der Waals surface area contributed by atoms with E-state index in [1.165, 1.54) is 0 Å². The van der Waals surface area contributed by atoms with Crippen LogP contribution in [-0.4, -0.2) is 5.11 Å². The Kier molecular flexibility index (Phi) is 3.07. The Labute approximate surface area is 111 Å². The van der Waals surface area contributed by atoms with Gasteiger partial charge in [-0.2, -0.15) is 0 Å². The van der Waals surface area contributed by atoms with Crippen LogP contribution in [0.4, 0.5) is 0 Å². The third kappa shape index (κ3) is 2.14. The fourth-order valence-corrected chi connectivity index (χ4v) is 2.28. The van der Waals surface area contributed by atoms with Crippen molar-refractivity contribution < 1.29 is 9.52 Å². The average Bonchev–Trinajstić information content (AvgIpc) is 2.90. The van der Waals surface area contributed by atoms with Crippen molar-refractivity contribution in [2.45, 2.75) is 12.1 Å². The summed E-state index contributed by atoms with van der Waals surface area (Å²) in [6.45, 7) is 0. The van der Waals surface area contributed by atoms with Gasteiger partial charge in [0.2, 0.25) is 0 Å². The molecule has 2 unspecified atom stereocenters. The molecule has 1 aromatic heterocycles. The SMILES string of the molecule is NC(c1ccccc1)C(O)c1coc2ccccc12. The first kappa shape index (κ1) is 12.0. The first-order valence-corrected chi connectivity index (χ1v) is 6.22. The Morgan fingerprint density at radius 2 is 1.63 bits per heavy atom. The molecule has 2 atom stereocenters. The summed E-state index contributed by atoms with van der Waals surface area (Å²) >= 11 is 0. The molecule has 0 spiro atoms. The number of fused-ring (bicyclic) bond motifs is 1. The number of hydrogen-bond donors (Lipinski definition) is 2. The maximum absolute atomic E-state index is 10.4. The van der Waals surface area contributed by atoms with Crippen LogP contribution in [0, 0.1) is 0 Å². The number of nitrogens with two attached hydrogens (primary N) is 1. The first-order chi connectivity index (χ1) is 9.27. The van der Waals surface area contributed by atoms with Crippen LogP contribution in [0.25, 0.3) is 11.0 Å². The minimum absolute atomic E-state index is 0.470. The lowest BCUT2D eigenvalue weighted by Crippen LogP contribution is -2.19. The highest BCUT2D eigenvalue weighted by molar-refractivity contribution is 5.81. The first-order valence-electron chi connectivity index (χ1n) is 6.22. The number of aliphatic hydroxyl groups excluding tert-OH is 1. The summed E-state index contributed by atoms with van der Waals surface area (Å²) in [6.07, 6.45) is 0.795. The predicted octanol–water partition coefficient (Wildman–Crippen LogP) is 3.17. The van der Waals surface area contributed by atoms with E-state index in [-0.39, 0.29) is 0 Å². The largest absolute Gasteiger partial charge is 0.464 e. The van der Waals surface area contributed by atoms with Crippen LogP contribution < -0.4 is 5.73 Å². The molecule has 1 heterocycles. The van der Waals surface area contributed by atoms with Crippen molar-refractivity contribution in [3.8, 4) is 0 Å². The fraction of sp³-hybridized carbons (Fsp3) is 0.125. The molecule has 3 rings (SSSR count). The van der Waals surface area contributed by atoms with Gasteiger partial charge in [0, 0.05) is 10.9 Å². The summed E-state index contributed by atoms with van der Waals surface area (Å²) in [5, 5.41) is 11.3. The molecule has 19 heavy (non-hydrogen) atoms. The van der Waals surface area contributed by atoms with Gasteiger partial charge in [-0.25, -0.2) is 0 Å². The molecule has 0 amide bonds. The Bertz CT molecular complexity index is 675. The van der Waals surface area contributed by atoms with E-state index in [1.54, 1.807) is 6.26 Å². The van der Waals surface area contributed by atoms with Crippen LogP contribution in [0.15, 0.2) is 65.3 Å². The number of furan rings is 1. The van der Waals surface area contributed by atoms with Gasteiger partial charge in [0.15, 0.2) is 0 Å². The minimum atomic E-state index is -0.786. The van der Waals surface area contributed by atoms with Crippen LogP contribution in [-0.2, 0) is 0 Å². The van der Waals surface area contributed by atoms with Crippen molar-refractivity contribution in [1.29, 1.82) is 0 Å². The fourth-order valence-electron chi connectivity index (χ4n) is 2.28. The molecule has 0 bridgehead atoms. The molecule has 0 saturated heterocycles. The van der Waals surface area contributed by atoms with Crippen molar-refractivity contribution >= 4 is 11.0 Å². The van der Waals surface area contributed by atoms with Gasteiger partial charge in [-0.05, 0) is 11.6 Å². The molecule has 3 nitrogen and oxygen atoms in total. The molecular weight excluding hydrogens is 238 g/mol. The highest BCUT2D eigenvalue weighted by atomic mass is 16.3. The lowest BCUT2D eigenvalue weighted by atomic mass is 9.96. The second kappa shape index (κ2) is 4.88. The highest BCUT2D eigenvalue weighted by Crippen LogP contribution is 2.32. The molecule has 0 fully saturated rings. The van der Waals surface area contributed by atoms with Crippen LogP contribution in [0.2, 0.25) is 0 Å². The monoisotopic (exact) mass is 253 g/mol. The third-order valence-electron chi connectivity index (χ3n) is 3.35. The van der Waals surface area contributed by atoms with Gasteiger partial charge in [-0.3, -0.25) is 0 Å². The van der Waals surface area contributed by atoms with Crippen LogP contribution in [0.5, 0.6) is 0 Å². The molecule has 0 aliphatic rings. The molecule has 96 valence electrons. The van der Waals surface area contributed by atoms with E-state index in [2.05, 4.69) is 0 Å². The Hall–Kier alpha value is -2.10. The summed E-state index contributed by atoms with van der Waals surface area (Å²) < 4.78 is 5.44. The van der Waals surface area contributed by atoms with Crippen molar-refractivity contribution in [3.05, 3.63) is 72.0 Å². The van der Waals surface area contributed by atoms with E-state index in [9.17, 15) is 5.11 Å². The van der Waals surface area contributed by atoms with Crippen LogP contribution in [0.3, 0.4) is 0 Å². The van der Waals surface area contributed by atoms with Gasteiger partial charge >= 0.3 is 0 Å². The molecule has 2 aromatic carbocycles. The molecule has 0 aliphatic heterocycles. The second-order valence-electron chi connectivity index (χ2n) is 4.57. The normalized spacial score (nSPS) is 14.4. The maximum Gasteiger partial charge on any atom is 0.134 e. The summed E-state index contributed by atoms with van der Waals surface area (Å²) in [5.41, 5.74) is 8.52.